The van der Waals surface area contributed by atoms with Crippen LogP contribution in [0, 0.1) is 0 Å². The zero-order chi connectivity index (χ0) is 29.5. The summed E-state index contributed by atoms with van der Waals surface area (Å²) in [6, 6.07) is 19.8. The Morgan fingerprint density at radius 1 is 1.05 bits per heavy atom. The third kappa shape index (κ3) is 5.01. The lowest BCUT2D eigenvalue weighted by Crippen LogP contribution is -2.37. The van der Waals surface area contributed by atoms with E-state index in [1.807, 2.05) is 85.6 Å². The van der Waals surface area contributed by atoms with Gasteiger partial charge in [0.05, 0.1) is 23.2 Å². The first-order valence-electron chi connectivity index (χ1n) is 14.0. The highest BCUT2D eigenvalue weighted by molar-refractivity contribution is 7.86. The van der Waals surface area contributed by atoms with Crippen molar-refractivity contribution >= 4 is 55.9 Å². The summed E-state index contributed by atoms with van der Waals surface area (Å²) in [7, 11) is 2.36. The number of carbonyl (C=O) groups is 1. The lowest BCUT2D eigenvalue weighted by molar-refractivity contribution is 0.0711. The number of H-pyrrole nitrogens is 1. The molecule has 1 fully saturated rings. The summed E-state index contributed by atoms with van der Waals surface area (Å²) in [6.45, 7) is 1.26. The highest BCUT2D eigenvalue weighted by atomic mass is 32.2. The molecule has 8 nitrogen and oxygen atoms in total. The third-order valence-electron chi connectivity index (χ3n) is 8.10. The molecule has 0 bridgehead atoms. The highest BCUT2D eigenvalue weighted by Gasteiger charge is 2.25. The second kappa shape index (κ2) is 11.4. The van der Waals surface area contributed by atoms with Crippen molar-refractivity contribution in [2.24, 2.45) is 0 Å². The summed E-state index contributed by atoms with van der Waals surface area (Å²) in [4.78, 5) is 28.3. The van der Waals surface area contributed by atoms with Crippen molar-refractivity contribution in [2.75, 3.05) is 31.6 Å². The minimum atomic E-state index is -1.33. The normalized spacial score (nSPS) is 15.6. The number of carbonyl (C=O) groups excluding carboxylic acids is 1. The van der Waals surface area contributed by atoms with E-state index in [4.69, 9.17) is 9.72 Å². The molecule has 1 saturated heterocycles. The van der Waals surface area contributed by atoms with E-state index in [0.717, 1.165) is 61.2 Å². The summed E-state index contributed by atoms with van der Waals surface area (Å²) < 4.78 is 20.5. The predicted molar refractivity (Wildman–Crippen MR) is 173 cm³/mol. The van der Waals surface area contributed by atoms with Crippen LogP contribution >= 0.6 is 11.3 Å². The number of pyridine rings is 2. The molecule has 10 heteroatoms. The monoisotopic (exact) mass is 607 g/mol. The number of nitrogens with zero attached hydrogens (tertiary/aromatic N) is 4. The van der Waals surface area contributed by atoms with Crippen molar-refractivity contribution in [1.82, 2.24) is 19.9 Å². The van der Waals surface area contributed by atoms with E-state index < -0.39 is 11.0 Å². The maximum absolute atomic E-state index is 13.2. The zero-order valence-corrected chi connectivity index (χ0v) is 25.3. The summed E-state index contributed by atoms with van der Waals surface area (Å²) in [5, 5.41) is 5.80. The molecule has 5 heterocycles. The number of likely N-dealkylation sites (N-methyl/N-ethyl adjacent to an activating group) is 1. The van der Waals surface area contributed by atoms with Gasteiger partial charge in [-0.3, -0.25) is 14.1 Å². The van der Waals surface area contributed by atoms with Gasteiger partial charge in [0.2, 0.25) is 0 Å². The zero-order valence-electron chi connectivity index (χ0n) is 23.7. The number of anilines is 1. The van der Waals surface area contributed by atoms with Crippen LogP contribution in [0.3, 0.4) is 0 Å². The van der Waals surface area contributed by atoms with E-state index in [2.05, 4.69) is 16.0 Å². The van der Waals surface area contributed by atoms with Crippen molar-refractivity contribution in [2.45, 2.75) is 17.4 Å². The van der Waals surface area contributed by atoms with Crippen LogP contribution < -0.4 is 4.31 Å². The Morgan fingerprint density at radius 2 is 1.86 bits per heavy atom. The Labute approximate surface area is 255 Å². The van der Waals surface area contributed by atoms with Crippen molar-refractivity contribution < 1.29 is 13.7 Å². The fraction of sp³-hybridized carbons (Fsp3) is 0.182. The van der Waals surface area contributed by atoms with E-state index in [-0.39, 0.29) is 11.9 Å². The Balaban J connectivity index is 1.34. The van der Waals surface area contributed by atoms with Gasteiger partial charge >= 0.3 is 0 Å². The molecule has 1 aliphatic rings. The minimum Gasteiger partial charge on any atom is -0.379 e. The quantitative estimate of drug-likeness (QED) is 0.223. The molecule has 43 heavy (non-hydrogen) atoms. The van der Waals surface area contributed by atoms with Gasteiger partial charge in [-0.15, -0.1) is 0 Å². The first kappa shape index (κ1) is 27.5. The molecular formula is C33H29N5O3S2. The number of aromatic nitrogens is 3. The van der Waals surface area contributed by atoms with Crippen LogP contribution in [-0.2, 0) is 15.7 Å². The molecule has 6 aromatic rings. The third-order valence-corrected chi connectivity index (χ3v) is 10.3. The van der Waals surface area contributed by atoms with Crippen molar-refractivity contribution in [1.29, 1.82) is 0 Å². The molecular weight excluding hydrogens is 579 g/mol. The Bertz CT molecular complexity index is 1950. The SMILES string of the molecule is CN(C(=O)c1ccc(-c2cnc3[nH]c4ccc(N(C)S(=O)c5ccsc5)cc4c3c2-c2ccncc2)cc1)C1CCOC1. The van der Waals surface area contributed by atoms with Gasteiger partial charge in [-0.2, -0.15) is 11.3 Å². The van der Waals surface area contributed by atoms with Gasteiger partial charge < -0.3 is 14.6 Å². The van der Waals surface area contributed by atoms with Gasteiger partial charge in [0.15, 0.2) is 11.0 Å². The Morgan fingerprint density at radius 3 is 2.58 bits per heavy atom. The van der Waals surface area contributed by atoms with Crippen LogP contribution in [0.4, 0.5) is 5.69 Å². The van der Waals surface area contributed by atoms with Gasteiger partial charge in [-0.05, 0) is 71.5 Å². The number of rotatable bonds is 7. The number of aromatic amines is 1. The van der Waals surface area contributed by atoms with Gasteiger partial charge in [-0.1, -0.05) is 12.1 Å². The Hall–Kier alpha value is -4.38. The second-order valence-electron chi connectivity index (χ2n) is 10.6. The van der Waals surface area contributed by atoms with Crippen molar-refractivity contribution in [3.05, 3.63) is 95.6 Å². The van der Waals surface area contributed by atoms with E-state index in [9.17, 15) is 9.00 Å². The second-order valence-corrected chi connectivity index (χ2v) is 12.9. The standard InChI is InChI=1S/C33H29N5O3S2/c1-37(25-11-15-41-19-25)33(39)23-5-3-21(4-6-23)28-18-35-32-31(30(28)22-9-13-34-14-10-22)27-17-24(7-8-29(27)36-32)38(2)43(40)26-12-16-42-20-26/h3-10,12-14,16-18,20,25H,11,15,19H2,1-2H3,(H,35,36). The van der Waals surface area contributed by atoms with Crippen molar-refractivity contribution in [3.8, 4) is 22.3 Å². The number of benzene rings is 2. The number of amides is 1. The molecule has 2 aromatic carbocycles. The van der Waals surface area contributed by atoms with Crippen LogP contribution in [-0.4, -0.2) is 63.3 Å². The highest BCUT2D eigenvalue weighted by Crippen LogP contribution is 2.41. The van der Waals surface area contributed by atoms with Crippen LogP contribution in [0.2, 0.25) is 0 Å². The van der Waals surface area contributed by atoms with Crippen LogP contribution in [0.25, 0.3) is 44.2 Å². The molecule has 216 valence electrons. The number of fused-ring (bicyclic) bond motifs is 3. The minimum absolute atomic E-state index is 0.0156. The number of hydrogen-bond donors (Lipinski definition) is 1. The smallest absolute Gasteiger partial charge is 0.253 e. The summed E-state index contributed by atoms with van der Waals surface area (Å²) in [5.41, 5.74) is 7.07. The first-order valence-corrected chi connectivity index (χ1v) is 16.0. The topological polar surface area (TPSA) is 91.4 Å². The molecule has 0 spiro atoms. The Kier molecular flexibility index (Phi) is 7.26. The molecule has 2 atom stereocenters. The predicted octanol–water partition coefficient (Wildman–Crippen LogP) is 6.53. The van der Waals surface area contributed by atoms with E-state index in [1.165, 1.54) is 11.3 Å². The lowest BCUT2D eigenvalue weighted by atomic mass is 9.92. The molecule has 0 radical (unpaired) electrons. The maximum atomic E-state index is 13.2. The molecule has 7 rings (SSSR count). The fourth-order valence-electron chi connectivity index (χ4n) is 5.67. The summed E-state index contributed by atoms with van der Waals surface area (Å²) in [5.74, 6) is -0.0156. The number of nitrogens with one attached hydrogen (secondary N) is 1. The molecule has 0 aliphatic carbocycles. The average Bonchev–Trinajstić information content (AvgIpc) is 3.85. The average molecular weight is 608 g/mol. The van der Waals surface area contributed by atoms with Gasteiger partial charge in [-0.25, -0.2) is 9.19 Å². The van der Waals surface area contributed by atoms with E-state index in [1.54, 1.807) is 21.6 Å². The molecule has 2 unspecified atom stereocenters. The molecule has 1 aliphatic heterocycles. The number of thiophene rings is 1. The molecule has 0 saturated carbocycles. The largest absolute Gasteiger partial charge is 0.379 e. The lowest BCUT2D eigenvalue weighted by Gasteiger charge is -2.23. The van der Waals surface area contributed by atoms with Crippen LogP contribution in [0.5, 0.6) is 0 Å². The molecule has 4 aromatic heterocycles. The fourth-order valence-corrected chi connectivity index (χ4v) is 7.58. The van der Waals surface area contributed by atoms with Crippen LogP contribution in [0.15, 0.2) is 94.9 Å². The van der Waals surface area contributed by atoms with E-state index >= 15 is 0 Å². The van der Waals surface area contributed by atoms with Gasteiger partial charge in [0, 0.05) is 77.7 Å². The molecule has 1 N–H and O–H groups in total. The van der Waals surface area contributed by atoms with Crippen molar-refractivity contribution in [3.63, 3.8) is 0 Å². The number of hydrogen-bond acceptors (Lipinski definition) is 6. The summed E-state index contributed by atoms with van der Waals surface area (Å²) >= 11 is 1.53. The van der Waals surface area contributed by atoms with Gasteiger partial charge in [0.25, 0.3) is 5.91 Å². The van der Waals surface area contributed by atoms with Gasteiger partial charge in [0.1, 0.15) is 5.65 Å². The maximum Gasteiger partial charge on any atom is 0.253 e. The first-order chi connectivity index (χ1) is 21.0. The number of ether oxygens (including phenoxy) is 1. The summed E-state index contributed by atoms with van der Waals surface area (Å²) in [6.07, 6.45) is 6.31. The van der Waals surface area contributed by atoms with Crippen LogP contribution in [0.1, 0.15) is 16.8 Å². The molecule has 1 amide bonds. The van der Waals surface area contributed by atoms with E-state index in [0.29, 0.717) is 18.8 Å².